The summed E-state index contributed by atoms with van der Waals surface area (Å²) in [7, 11) is 0. The number of nitrogens with zero attached hydrogens (tertiary/aromatic N) is 6. The fourth-order valence-corrected chi connectivity index (χ4v) is 4.03. The van der Waals surface area contributed by atoms with Crippen molar-refractivity contribution >= 4 is 32.7 Å². The molecule has 3 aromatic heterocycles. The lowest BCUT2D eigenvalue weighted by atomic mass is 9.96. The largest absolute Gasteiger partial charge is 0.344 e. The van der Waals surface area contributed by atoms with Crippen molar-refractivity contribution in [3.05, 3.63) is 30.0 Å². The van der Waals surface area contributed by atoms with Crippen LogP contribution in [0.5, 0.6) is 0 Å². The van der Waals surface area contributed by atoms with E-state index in [2.05, 4.69) is 25.0 Å². The van der Waals surface area contributed by atoms with Gasteiger partial charge in [-0.15, -0.1) is 0 Å². The number of aromatic nitrogens is 4. The van der Waals surface area contributed by atoms with Gasteiger partial charge in [-0.25, -0.2) is 9.97 Å². The number of carbonyl (C=O) groups excluding carboxylic acids is 1. The molecule has 0 unspecified atom stereocenters. The average Bonchev–Trinajstić information content (AvgIpc) is 3.33. The zero-order valence-corrected chi connectivity index (χ0v) is 17.2. The number of hydrogen-bond acceptors (Lipinski definition) is 8. The van der Waals surface area contributed by atoms with Crippen LogP contribution in [0.1, 0.15) is 38.9 Å². The van der Waals surface area contributed by atoms with Crippen molar-refractivity contribution in [1.82, 2.24) is 25.0 Å². The highest BCUT2D eigenvalue weighted by atomic mass is 32.1. The van der Waals surface area contributed by atoms with E-state index in [9.17, 15) is 4.79 Å². The van der Waals surface area contributed by atoms with Crippen molar-refractivity contribution in [1.29, 1.82) is 0 Å². The summed E-state index contributed by atoms with van der Waals surface area (Å²) in [5.41, 5.74) is 0.772. The molecule has 0 aromatic carbocycles. The van der Waals surface area contributed by atoms with E-state index in [-0.39, 0.29) is 11.3 Å². The van der Waals surface area contributed by atoms with Crippen LogP contribution in [0.15, 0.2) is 22.9 Å². The molecule has 3 aromatic rings. The molecule has 0 N–H and O–H groups in total. The predicted octanol–water partition coefficient (Wildman–Crippen LogP) is 2.65. The van der Waals surface area contributed by atoms with Crippen molar-refractivity contribution in [2.45, 2.75) is 39.0 Å². The number of amides is 1. The van der Waals surface area contributed by atoms with Gasteiger partial charge in [0.2, 0.25) is 11.8 Å². The summed E-state index contributed by atoms with van der Waals surface area (Å²) in [6.45, 7) is 9.05. The Balaban J connectivity index is 1.29. The molecule has 8 nitrogen and oxygen atoms in total. The van der Waals surface area contributed by atoms with Gasteiger partial charge >= 0.3 is 0 Å². The van der Waals surface area contributed by atoms with Crippen LogP contribution in [0.3, 0.4) is 0 Å². The molecule has 1 aliphatic heterocycles. The Hall–Kier alpha value is -2.55. The van der Waals surface area contributed by atoms with Crippen molar-refractivity contribution in [3.8, 4) is 0 Å². The fourth-order valence-electron chi connectivity index (χ4n) is 3.07. The Morgan fingerprint density at radius 3 is 2.68 bits per heavy atom. The van der Waals surface area contributed by atoms with Crippen molar-refractivity contribution in [3.63, 3.8) is 0 Å². The maximum absolute atomic E-state index is 12.6. The minimum atomic E-state index is -0.155. The van der Waals surface area contributed by atoms with E-state index in [1.165, 1.54) is 0 Å². The molecule has 4 heterocycles. The zero-order chi connectivity index (χ0) is 19.7. The number of rotatable bonds is 4. The normalized spacial score (nSPS) is 15.4. The first-order valence-electron chi connectivity index (χ1n) is 9.47. The van der Waals surface area contributed by atoms with Crippen LogP contribution in [0.25, 0.3) is 10.3 Å². The summed E-state index contributed by atoms with van der Waals surface area (Å²) < 4.78 is 5.28. The van der Waals surface area contributed by atoms with E-state index in [1.54, 1.807) is 17.5 Å². The fraction of sp³-hybridized carbons (Fsp3) is 0.526. The molecular weight excluding hydrogens is 376 g/mol. The monoisotopic (exact) mass is 400 g/mol. The van der Waals surface area contributed by atoms with Gasteiger partial charge in [0.1, 0.15) is 10.3 Å². The van der Waals surface area contributed by atoms with Gasteiger partial charge in [-0.1, -0.05) is 37.3 Å². The number of fused-ring (bicyclic) bond motifs is 1. The summed E-state index contributed by atoms with van der Waals surface area (Å²) in [4.78, 5) is 31.0. The topological polar surface area (TPSA) is 88.3 Å². The summed E-state index contributed by atoms with van der Waals surface area (Å²) >= 11 is 1.60. The number of thiazole rings is 1. The lowest BCUT2D eigenvalue weighted by molar-refractivity contribution is -0.131. The maximum atomic E-state index is 12.6. The molecule has 0 radical (unpaired) electrons. The third-order valence-electron chi connectivity index (χ3n) is 4.75. The third kappa shape index (κ3) is 3.99. The van der Waals surface area contributed by atoms with E-state index < -0.39 is 0 Å². The van der Waals surface area contributed by atoms with E-state index in [0.29, 0.717) is 37.6 Å². The Bertz CT molecular complexity index is 935. The van der Waals surface area contributed by atoms with Gasteiger partial charge in [-0.3, -0.25) is 4.79 Å². The molecular formula is C19H24N6O2S. The number of pyridine rings is 1. The standard InChI is InChI=1S/C19H24N6O2S/c1-19(2,3)17-22-14(27-23-17)6-7-15(26)24-9-11-25(12-10-24)18-21-13-5-4-8-20-16(13)28-18/h4-5,8H,6-7,9-12H2,1-3H3. The molecule has 0 atom stereocenters. The molecule has 9 heteroatoms. The SMILES string of the molecule is CC(C)(C)c1noc(CCC(=O)N2CCN(c3nc4cccnc4s3)CC2)n1. The number of aryl methyl sites for hydroxylation is 1. The van der Waals surface area contributed by atoms with Crippen LogP contribution >= 0.6 is 11.3 Å². The second-order valence-electron chi connectivity index (χ2n) is 7.95. The highest BCUT2D eigenvalue weighted by Gasteiger charge is 2.25. The minimum Gasteiger partial charge on any atom is -0.344 e. The van der Waals surface area contributed by atoms with Crippen molar-refractivity contribution < 1.29 is 9.32 Å². The van der Waals surface area contributed by atoms with E-state index in [0.717, 1.165) is 28.6 Å². The molecule has 28 heavy (non-hydrogen) atoms. The zero-order valence-electron chi connectivity index (χ0n) is 16.4. The summed E-state index contributed by atoms with van der Waals surface area (Å²) in [5.74, 6) is 1.33. The molecule has 0 bridgehead atoms. The van der Waals surface area contributed by atoms with Crippen LogP contribution in [0.2, 0.25) is 0 Å². The Labute approximate surface area is 167 Å². The lowest BCUT2D eigenvalue weighted by Crippen LogP contribution is -2.48. The Morgan fingerprint density at radius 1 is 1.21 bits per heavy atom. The molecule has 0 spiro atoms. The molecule has 148 valence electrons. The van der Waals surface area contributed by atoms with Gasteiger partial charge in [0.25, 0.3) is 0 Å². The van der Waals surface area contributed by atoms with Crippen molar-refractivity contribution in [2.75, 3.05) is 31.1 Å². The highest BCUT2D eigenvalue weighted by Crippen LogP contribution is 2.27. The first-order chi connectivity index (χ1) is 13.4. The van der Waals surface area contributed by atoms with Gasteiger partial charge in [0.15, 0.2) is 11.0 Å². The Kier molecular flexibility index (Phi) is 5.01. The maximum Gasteiger partial charge on any atom is 0.227 e. The van der Waals surface area contributed by atoms with E-state index >= 15 is 0 Å². The molecule has 1 fully saturated rings. The Morgan fingerprint density at radius 2 is 2.00 bits per heavy atom. The smallest absolute Gasteiger partial charge is 0.227 e. The third-order valence-corrected chi connectivity index (χ3v) is 5.79. The quantitative estimate of drug-likeness (QED) is 0.665. The average molecular weight is 401 g/mol. The van der Waals surface area contributed by atoms with Crippen LogP contribution < -0.4 is 4.90 Å². The van der Waals surface area contributed by atoms with Gasteiger partial charge in [-0.05, 0) is 12.1 Å². The predicted molar refractivity (Wildman–Crippen MR) is 108 cm³/mol. The minimum absolute atomic E-state index is 0.126. The number of anilines is 1. The van der Waals surface area contributed by atoms with Crippen LogP contribution in [0.4, 0.5) is 5.13 Å². The van der Waals surface area contributed by atoms with Gasteiger partial charge in [0.05, 0.1) is 0 Å². The highest BCUT2D eigenvalue weighted by molar-refractivity contribution is 7.21. The van der Waals surface area contributed by atoms with Gasteiger partial charge in [-0.2, -0.15) is 4.98 Å². The second kappa shape index (κ2) is 7.46. The van der Waals surface area contributed by atoms with Crippen LogP contribution in [-0.2, 0) is 16.6 Å². The van der Waals surface area contributed by atoms with Crippen LogP contribution in [-0.4, -0.2) is 57.1 Å². The summed E-state index contributed by atoms with van der Waals surface area (Å²) in [5, 5.41) is 4.98. The number of hydrogen-bond donors (Lipinski definition) is 0. The first-order valence-corrected chi connectivity index (χ1v) is 10.3. The molecule has 1 saturated heterocycles. The van der Waals surface area contributed by atoms with Crippen LogP contribution in [0, 0.1) is 0 Å². The molecule has 4 rings (SSSR count). The van der Waals surface area contributed by atoms with E-state index in [1.807, 2.05) is 37.8 Å². The lowest BCUT2D eigenvalue weighted by Gasteiger charge is -2.34. The van der Waals surface area contributed by atoms with E-state index in [4.69, 9.17) is 4.52 Å². The number of piperazine rings is 1. The van der Waals surface area contributed by atoms with Gasteiger partial charge in [0, 0.05) is 50.6 Å². The molecule has 1 aliphatic rings. The first kappa shape index (κ1) is 18.8. The van der Waals surface area contributed by atoms with Crippen molar-refractivity contribution in [2.24, 2.45) is 0 Å². The second-order valence-corrected chi connectivity index (χ2v) is 8.91. The molecule has 0 saturated carbocycles. The van der Waals surface area contributed by atoms with Gasteiger partial charge < -0.3 is 14.3 Å². The number of carbonyl (C=O) groups is 1. The summed E-state index contributed by atoms with van der Waals surface area (Å²) in [6.07, 6.45) is 2.65. The molecule has 0 aliphatic carbocycles. The molecule has 1 amide bonds. The summed E-state index contributed by atoms with van der Waals surface area (Å²) in [6, 6.07) is 3.88.